The van der Waals surface area contributed by atoms with Gasteiger partial charge in [0.1, 0.15) is 5.75 Å². The van der Waals surface area contributed by atoms with Crippen molar-refractivity contribution in [1.82, 2.24) is 9.80 Å². The second-order valence-corrected chi connectivity index (χ2v) is 5.71. The number of hydrogen-bond donors (Lipinski definition) is 1. The Morgan fingerprint density at radius 1 is 1.16 bits per heavy atom. The number of hydrogen-bond acceptors (Lipinski definition) is 5. The average molecular weight is 370 g/mol. The van der Waals surface area contributed by atoms with Crippen molar-refractivity contribution in [3.63, 3.8) is 0 Å². The summed E-state index contributed by atoms with van der Waals surface area (Å²) in [6, 6.07) is 4.72. The van der Waals surface area contributed by atoms with E-state index in [1.807, 2.05) is 0 Å². The minimum atomic E-state index is -0.787. The highest BCUT2D eigenvalue weighted by molar-refractivity contribution is 6.40. The molecule has 0 spiro atoms. The Balaban J connectivity index is 1.94. The molecule has 3 amide bonds. The number of carbonyl (C=O) groups is 3. The van der Waals surface area contributed by atoms with Crippen LogP contribution < -0.4 is 10.1 Å². The lowest BCUT2D eigenvalue weighted by molar-refractivity contribution is -0.144. The van der Waals surface area contributed by atoms with Crippen molar-refractivity contribution in [2.75, 3.05) is 45.2 Å². The number of nitrogens with one attached hydrogen (secondary N) is 1. The molecule has 0 aliphatic carbocycles. The average Bonchev–Trinajstić information content (AvgIpc) is 2.61. The van der Waals surface area contributed by atoms with E-state index in [9.17, 15) is 14.4 Å². The number of ether oxygens (including phenoxy) is 2. The molecule has 1 aromatic carbocycles. The summed E-state index contributed by atoms with van der Waals surface area (Å²) in [7, 11) is 1.45. The zero-order valence-electron chi connectivity index (χ0n) is 14.1. The predicted molar refractivity (Wildman–Crippen MR) is 91.8 cm³/mol. The van der Waals surface area contributed by atoms with Crippen molar-refractivity contribution >= 4 is 35.2 Å². The number of carbonyl (C=O) groups excluding carboxylic acids is 3. The van der Waals surface area contributed by atoms with Gasteiger partial charge in [-0.05, 0) is 25.1 Å². The Labute approximate surface area is 150 Å². The molecule has 1 fully saturated rings. The molecule has 8 nitrogen and oxygen atoms in total. The van der Waals surface area contributed by atoms with Gasteiger partial charge in [-0.15, -0.1) is 0 Å². The molecular weight excluding hydrogens is 350 g/mol. The summed E-state index contributed by atoms with van der Waals surface area (Å²) in [5.41, 5.74) is 0.318. The summed E-state index contributed by atoms with van der Waals surface area (Å²) >= 11 is 5.91. The first kappa shape index (κ1) is 18.9. The van der Waals surface area contributed by atoms with Gasteiger partial charge in [-0.3, -0.25) is 9.59 Å². The topological polar surface area (TPSA) is 88.2 Å². The third-order valence-corrected chi connectivity index (χ3v) is 3.93. The van der Waals surface area contributed by atoms with E-state index < -0.39 is 17.9 Å². The molecule has 136 valence electrons. The third kappa shape index (κ3) is 4.76. The molecule has 0 unspecified atom stereocenters. The summed E-state index contributed by atoms with van der Waals surface area (Å²) < 4.78 is 10.1. The highest BCUT2D eigenvalue weighted by Crippen LogP contribution is 2.27. The number of amides is 3. The summed E-state index contributed by atoms with van der Waals surface area (Å²) in [5, 5.41) is 2.92. The van der Waals surface area contributed by atoms with Crippen LogP contribution in [-0.2, 0) is 14.3 Å². The van der Waals surface area contributed by atoms with Crippen molar-refractivity contribution < 1.29 is 23.9 Å². The maximum Gasteiger partial charge on any atom is 0.409 e. The number of nitrogens with zero attached hydrogens (tertiary/aromatic N) is 2. The van der Waals surface area contributed by atoms with Crippen LogP contribution in [0.2, 0.25) is 5.02 Å². The number of methoxy groups -OCH3 is 1. The van der Waals surface area contributed by atoms with Crippen molar-refractivity contribution in [3.05, 3.63) is 23.2 Å². The number of benzene rings is 1. The van der Waals surface area contributed by atoms with Gasteiger partial charge in [0, 0.05) is 31.2 Å². The monoisotopic (exact) mass is 369 g/mol. The molecular formula is C16H20ClN3O5. The van der Waals surface area contributed by atoms with Crippen LogP contribution in [0.25, 0.3) is 0 Å². The Morgan fingerprint density at radius 2 is 1.80 bits per heavy atom. The maximum absolute atomic E-state index is 12.3. The Morgan fingerprint density at radius 3 is 2.40 bits per heavy atom. The lowest BCUT2D eigenvalue weighted by Crippen LogP contribution is -2.53. The van der Waals surface area contributed by atoms with Crippen LogP contribution in [0, 0.1) is 0 Å². The minimum Gasteiger partial charge on any atom is -0.495 e. The second kappa shape index (κ2) is 8.57. The van der Waals surface area contributed by atoms with Crippen molar-refractivity contribution in [3.8, 4) is 5.75 Å². The molecule has 1 saturated heterocycles. The SMILES string of the molecule is CCOC(=O)N1CCN(C(=O)C(=O)Nc2cc(Cl)ccc2OC)CC1. The van der Waals surface area contributed by atoms with Gasteiger partial charge in [-0.2, -0.15) is 0 Å². The zero-order chi connectivity index (χ0) is 18.4. The zero-order valence-corrected chi connectivity index (χ0v) is 14.8. The van der Waals surface area contributed by atoms with E-state index in [1.165, 1.54) is 23.0 Å². The van der Waals surface area contributed by atoms with Gasteiger partial charge >= 0.3 is 17.9 Å². The van der Waals surface area contributed by atoms with Gasteiger partial charge in [-0.25, -0.2) is 4.79 Å². The largest absolute Gasteiger partial charge is 0.495 e. The van der Waals surface area contributed by atoms with Crippen LogP contribution in [0.4, 0.5) is 10.5 Å². The molecule has 1 aliphatic rings. The summed E-state index contributed by atoms with van der Waals surface area (Å²) in [5.74, 6) is -1.06. The van der Waals surface area contributed by atoms with Gasteiger partial charge in [0.25, 0.3) is 0 Å². The molecule has 1 aliphatic heterocycles. The molecule has 2 rings (SSSR count). The van der Waals surface area contributed by atoms with E-state index in [4.69, 9.17) is 21.1 Å². The van der Waals surface area contributed by atoms with Crippen molar-refractivity contribution in [1.29, 1.82) is 0 Å². The van der Waals surface area contributed by atoms with Crippen molar-refractivity contribution in [2.24, 2.45) is 0 Å². The molecule has 9 heteroatoms. The number of piperazine rings is 1. The summed E-state index contributed by atoms with van der Waals surface area (Å²) in [4.78, 5) is 39.0. The van der Waals surface area contributed by atoms with Crippen LogP contribution in [0.1, 0.15) is 6.92 Å². The number of anilines is 1. The molecule has 25 heavy (non-hydrogen) atoms. The fourth-order valence-corrected chi connectivity index (χ4v) is 2.58. The van der Waals surface area contributed by atoms with Crippen LogP contribution in [0.3, 0.4) is 0 Å². The van der Waals surface area contributed by atoms with Crippen LogP contribution in [0.15, 0.2) is 18.2 Å². The normalized spacial score (nSPS) is 14.0. The molecule has 1 aromatic rings. The van der Waals surface area contributed by atoms with E-state index in [0.29, 0.717) is 36.2 Å². The predicted octanol–water partition coefficient (Wildman–Crippen LogP) is 1.59. The van der Waals surface area contributed by atoms with E-state index in [2.05, 4.69) is 5.32 Å². The highest BCUT2D eigenvalue weighted by atomic mass is 35.5. The molecule has 0 atom stereocenters. The Hall–Kier alpha value is -2.48. The number of halogens is 1. The van der Waals surface area contributed by atoms with E-state index in [0.717, 1.165) is 0 Å². The standard InChI is InChI=1S/C16H20ClN3O5/c1-3-25-16(23)20-8-6-19(7-9-20)15(22)14(21)18-12-10-11(17)4-5-13(12)24-2/h4-5,10H,3,6-9H2,1-2H3,(H,18,21). The smallest absolute Gasteiger partial charge is 0.409 e. The first-order valence-electron chi connectivity index (χ1n) is 7.81. The third-order valence-electron chi connectivity index (χ3n) is 3.70. The molecule has 1 heterocycles. The van der Waals surface area contributed by atoms with Crippen LogP contribution in [-0.4, -0.2) is 67.6 Å². The Kier molecular flexibility index (Phi) is 6.46. The summed E-state index contributed by atoms with van der Waals surface area (Å²) in [6.45, 7) is 3.18. The lowest BCUT2D eigenvalue weighted by Gasteiger charge is -2.33. The molecule has 0 bridgehead atoms. The maximum atomic E-state index is 12.3. The van der Waals surface area contributed by atoms with Gasteiger partial charge in [-0.1, -0.05) is 11.6 Å². The molecule has 0 radical (unpaired) electrons. The van der Waals surface area contributed by atoms with Gasteiger partial charge in [0.05, 0.1) is 19.4 Å². The van der Waals surface area contributed by atoms with E-state index in [1.54, 1.807) is 19.1 Å². The number of rotatable bonds is 3. The van der Waals surface area contributed by atoms with E-state index >= 15 is 0 Å². The van der Waals surface area contributed by atoms with E-state index in [-0.39, 0.29) is 13.1 Å². The second-order valence-electron chi connectivity index (χ2n) is 5.28. The molecule has 0 aromatic heterocycles. The fraction of sp³-hybridized carbons (Fsp3) is 0.438. The first-order valence-corrected chi connectivity index (χ1v) is 8.19. The van der Waals surface area contributed by atoms with Gasteiger partial charge in [0.2, 0.25) is 0 Å². The first-order chi connectivity index (χ1) is 12.0. The minimum absolute atomic E-state index is 0.262. The van der Waals surface area contributed by atoms with Crippen molar-refractivity contribution in [2.45, 2.75) is 6.92 Å². The Bertz CT molecular complexity index is 659. The summed E-state index contributed by atoms with van der Waals surface area (Å²) in [6.07, 6.45) is -0.414. The highest BCUT2D eigenvalue weighted by Gasteiger charge is 2.28. The van der Waals surface area contributed by atoms with Crippen LogP contribution >= 0.6 is 11.6 Å². The quantitative estimate of drug-likeness (QED) is 0.817. The fourth-order valence-electron chi connectivity index (χ4n) is 2.40. The molecule has 1 N–H and O–H groups in total. The van der Waals surface area contributed by atoms with Gasteiger partial charge in [0.15, 0.2) is 0 Å². The van der Waals surface area contributed by atoms with Gasteiger partial charge < -0.3 is 24.6 Å². The molecule has 0 saturated carbocycles. The lowest BCUT2D eigenvalue weighted by atomic mass is 10.2. The van der Waals surface area contributed by atoms with Crippen LogP contribution in [0.5, 0.6) is 5.75 Å².